The zero-order valence-electron chi connectivity index (χ0n) is 13.9. The van der Waals surface area contributed by atoms with Crippen molar-refractivity contribution in [1.82, 2.24) is 24.5 Å². The highest BCUT2D eigenvalue weighted by atomic mass is 16.2. The number of H-pyrrole nitrogens is 1. The summed E-state index contributed by atoms with van der Waals surface area (Å²) in [6.07, 6.45) is 6.16. The lowest BCUT2D eigenvalue weighted by Crippen LogP contribution is -2.49. The molecule has 1 amide bonds. The number of aromatic amines is 1. The Morgan fingerprint density at radius 1 is 1.16 bits per heavy atom. The third kappa shape index (κ3) is 2.65. The minimum atomic E-state index is 0.00375. The van der Waals surface area contributed by atoms with Gasteiger partial charge in [-0.3, -0.25) is 9.89 Å². The van der Waals surface area contributed by atoms with Crippen molar-refractivity contribution in [2.24, 2.45) is 0 Å². The highest BCUT2D eigenvalue weighted by molar-refractivity contribution is 5.93. The third-order valence-corrected chi connectivity index (χ3v) is 5.13. The maximum atomic E-state index is 12.7. The van der Waals surface area contributed by atoms with E-state index in [9.17, 15) is 4.79 Å². The van der Waals surface area contributed by atoms with E-state index in [0.717, 1.165) is 24.4 Å². The Bertz CT molecular complexity index is 916. The molecule has 0 atom stereocenters. The average molecular weight is 336 g/mol. The first-order valence-corrected chi connectivity index (χ1v) is 8.80. The quantitative estimate of drug-likeness (QED) is 0.793. The molecule has 1 saturated carbocycles. The van der Waals surface area contributed by atoms with E-state index in [4.69, 9.17) is 0 Å². The number of amides is 1. The van der Waals surface area contributed by atoms with Crippen LogP contribution in [0, 0.1) is 0 Å². The summed E-state index contributed by atoms with van der Waals surface area (Å²) in [5.41, 5.74) is 2.75. The van der Waals surface area contributed by atoms with E-state index < -0.39 is 0 Å². The topological polar surface area (TPSA) is 69.5 Å². The molecule has 7 heteroatoms. The molecule has 0 spiro atoms. The lowest BCUT2D eigenvalue weighted by atomic mass is 10.2. The molecule has 128 valence electrons. The SMILES string of the molecule is O=C(c1cc2cccn2cn1)N1CCN(c2cc(C3CC3)[nH]n2)CC1. The molecule has 0 aromatic carbocycles. The van der Waals surface area contributed by atoms with E-state index in [2.05, 4.69) is 26.1 Å². The molecule has 0 unspecified atom stereocenters. The Morgan fingerprint density at radius 2 is 2.00 bits per heavy atom. The summed E-state index contributed by atoms with van der Waals surface area (Å²) in [5.74, 6) is 1.69. The van der Waals surface area contributed by atoms with Crippen LogP contribution in [-0.4, -0.2) is 56.6 Å². The van der Waals surface area contributed by atoms with Crippen LogP contribution in [-0.2, 0) is 0 Å². The Labute approximate surface area is 145 Å². The molecule has 7 nitrogen and oxygen atoms in total. The molecule has 3 aromatic rings. The molecule has 5 rings (SSSR count). The highest BCUT2D eigenvalue weighted by Gasteiger charge is 2.28. The van der Waals surface area contributed by atoms with Crippen LogP contribution in [0.25, 0.3) is 5.52 Å². The van der Waals surface area contributed by atoms with Crippen LogP contribution in [0.15, 0.2) is 36.8 Å². The molecule has 1 saturated heterocycles. The Morgan fingerprint density at radius 3 is 2.80 bits per heavy atom. The van der Waals surface area contributed by atoms with E-state index in [-0.39, 0.29) is 5.91 Å². The second-order valence-electron chi connectivity index (χ2n) is 6.85. The fourth-order valence-electron chi connectivity index (χ4n) is 3.44. The number of nitrogens with one attached hydrogen (secondary N) is 1. The summed E-state index contributed by atoms with van der Waals surface area (Å²) in [6.45, 7) is 2.98. The summed E-state index contributed by atoms with van der Waals surface area (Å²) in [4.78, 5) is 21.2. The van der Waals surface area contributed by atoms with Gasteiger partial charge in [-0.05, 0) is 31.0 Å². The number of aromatic nitrogens is 4. The van der Waals surface area contributed by atoms with E-state index in [1.807, 2.05) is 33.7 Å². The van der Waals surface area contributed by atoms with Crippen molar-refractivity contribution in [1.29, 1.82) is 0 Å². The van der Waals surface area contributed by atoms with Crippen molar-refractivity contribution < 1.29 is 4.79 Å². The van der Waals surface area contributed by atoms with Crippen LogP contribution in [0.5, 0.6) is 0 Å². The van der Waals surface area contributed by atoms with Gasteiger partial charge in [-0.15, -0.1) is 0 Å². The molecular formula is C18H20N6O. The Balaban J connectivity index is 1.26. The molecule has 0 radical (unpaired) electrons. The van der Waals surface area contributed by atoms with Crippen LogP contribution < -0.4 is 4.90 Å². The van der Waals surface area contributed by atoms with Crippen molar-refractivity contribution in [3.63, 3.8) is 0 Å². The average Bonchev–Trinajstić information content (AvgIpc) is 3.20. The van der Waals surface area contributed by atoms with Gasteiger partial charge >= 0.3 is 0 Å². The number of rotatable bonds is 3. The molecule has 1 aliphatic heterocycles. The zero-order valence-corrected chi connectivity index (χ0v) is 13.9. The number of carbonyl (C=O) groups is 1. The molecule has 25 heavy (non-hydrogen) atoms. The standard InChI is InChI=1S/C18H20N6O/c25-18(16-10-14-2-1-5-24(14)12-19-16)23-8-6-22(7-9-23)17-11-15(20-21-17)13-3-4-13/h1-2,5,10-13H,3-4,6-9H2,(H,20,21). The van der Waals surface area contributed by atoms with Crippen LogP contribution in [0.1, 0.15) is 34.9 Å². The van der Waals surface area contributed by atoms with Gasteiger partial charge in [0.25, 0.3) is 5.91 Å². The Hall–Kier alpha value is -2.83. The first-order valence-electron chi connectivity index (χ1n) is 8.80. The molecule has 1 N–H and O–H groups in total. The van der Waals surface area contributed by atoms with Gasteiger partial charge in [0, 0.05) is 55.6 Å². The minimum absolute atomic E-state index is 0.00375. The minimum Gasteiger partial charge on any atom is -0.352 e. The number of hydrogen-bond donors (Lipinski definition) is 1. The number of hydrogen-bond acceptors (Lipinski definition) is 4. The molecule has 1 aliphatic carbocycles. The second kappa shape index (κ2) is 5.61. The smallest absolute Gasteiger partial charge is 0.272 e. The monoisotopic (exact) mass is 336 g/mol. The number of piperazine rings is 1. The maximum absolute atomic E-state index is 12.7. The normalized spacial score (nSPS) is 18.1. The zero-order chi connectivity index (χ0) is 16.8. The summed E-state index contributed by atoms with van der Waals surface area (Å²) in [5, 5.41) is 7.59. The first-order chi connectivity index (χ1) is 12.3. The fraction of sp³-hybridized carbons (Fsp3) is 0.389. The van der Waals surface area contributed by atoms with Crippen molar-refractivity contribution in [2.75, 3.05) is 31.1 Å². The van der Waals surface area contributed by atoms with E-state index in [0.29, 0.717) is 24.7 Å². The number of anilines is 1. The van der Waals surface area contributed by atoms with Gasteiger partial charge in [0.2, 0.25) is 0 Å². The van der Waals surface area contributed by atoms with Gasteiger partial charge < -0.3 is 14.2 Å². The first kappa shape index (κ1) is 14.5. The van der Waals surface area contributed by atoms with E-state index in [1.54, 1.807) is 6.33 Å². The fourth-order valence-corrected chi connectivity index (χ4v) is 3.44. The third-order valence-electron chi connectivity index (χ3n) is 5.13. The van der Waals surface area contributed by atoms with Crippen LogP contribution in [0.4, 0.5) is 5.82 Å². The van der Waals surface area contributed by atoms with Gasteiger partial charge in [0.05, 0.1) is 6.33 Å². The predicted octanol–water partition coefficient (Wildman–Crippen LogP) is 1.90. The largest absolute Gasteiger partial charge is 0.352 e. The van der Waals surface area contributed by atoms with Crippen LogP contribution in [0.2, 0.25) is 0 Å². The lowest BCUT2D eigenvalue weighted by molar-refractivity contribution is 0.0740. The van der Waals surface area contributed by atoms with E-state index >= 15 is 0 Å². The van der Waals surface area contributed by atoms with Crippen molar-refractivity contribution >= 4 is 17.2 Å². The van der Waals surface area contributed by atoms with Crippen molar-refractivity contribution in [3.05, 3.63) is 48.2 Å². The summed E-state index contributed by atoms with van der Waals surface area (Å²) >= 11 is 0. The van der Waals surface area contributed by atoms with Gasteiger partial charge in [-0.25, -0.2) is 4.98 Å². The number of fused-ring (bicyclic) bond motifs is 1. The molecule has 0 bridgehead atoms. The van der Waals surface area contributed by atoms with E-state index in [1.165, 1.54) is 18.5 Å². The van der Waals surface area contributed by atoms with Crippen molar-refractivity contribution in [2.45, 2.75) is 18.8 Å². The number of carbonyl (C=O) groups excluding carboxylic acids is 1. The molecule has 2 aliphatic rings. The lowest BCUT2D eigenvalue weighted by Gasteiger charge is -2.34. The maximum Gasteiger partial charge on any atom is 0.272 e. The highest BCUT2D eigenvalue weighted by Crippen LogP contribution is 2.39. The number of nitrogens with zero attached hydrogens (tertiary/aromatic N) is 5. The van der Waals surface area contributed by atoms with Gasteiger partial charge in [0.1, 0.15) is 5.69 Å². The molecule has 4 heterocycles. The Kier molecular flexibility index (Phi) is 3.26. The summed E-state index contributed by atoms with van der Waals surface area (Å²) in [7, 11) is 0. The van der Waals surface area contributed by atoms with Gasteiger partial charge in [-0.1, -0.05) is 0 Å². The van der Waals surface area contributed by atoms with Gasteiger partial charge in [0.15, 0.2) is 5.82 Å². The summed E-state index contributed by atoms with van der Waals surface area (Å²) < 4.78 is 1.91. The second-order valence-corrected chi connectivity index (χ2v) is 6.85. The van der Waals surface area contributed by atoms with Crippen LogP contribution >= 0.6 is 0 Å². The predicted molar refractivity (Wildman–Crippen MR) is 93.9 cm³/mol. The summed E-state index contributed by atoms with van der Waals surface area (Å²) in [6, 6.07) is 7.94. The van der Waals surface area contributed by atoms with Gasteiger partial charge in [-0.2, -0.15) is 5.10 Å². The van der Waals surface area contributed by atoms with Crippen LogP contribution in [0.3, 0.4) is 0 Å². The molecule has 3 aromatic heterocycles. The molecular weight excluding hydrogens is 316 g/mol. The molecule has 2 fully saturated rings. The van der Waals surface area contributed by atoms with Crippen molar-refractivity contribution in [3.8, 4) is 0 Å².